The zero-order valence-electron chi connectivity index (χ0n) is 14.4. The lowest BCUT2D eigenvalue weighted by atomic mass is 10.0. The molecule has 1 fully saturated rings. The molecule has 0 spiro atoms. The Kier molecular flexibility index (Phi) is 3.95. The van der Waals surface area contributed by atoms with Gasteiger partial charge in [0.05, 0.1) is 11.7 Å². The van der Waals surface area contributed by atoms with Crippen LogP contribution < -0.4 is 5.32 Å². The summed E-state index contributed by atoms with van der Waals surface area (Å²) in [6, 6.07) is 4.97. The molecule has 7 heteroatoms. The van der Waals surface area contributed by atoms with Gasteiger partial charge in [0.2, 0.25) is 5.91 Å². The van der Waals surface area contributed by atoms with Crippen molar-refractivity contribution in [1.29, 1.82) is 0 Å². The van der Waals surface area contributed by atoms with Crippen LogP contribution in [0.15, 0.2) is 24.4 Å². The van der Waals surface area contributed by atoms with Gasteiger partial charge in [-0.1, -0.05) is 6.07 Å². The minimum atomic E-state index is -0.696. The van der Waals surface area contributed by atoms with Crippen LogP contribution in [-0.4, -0.2) is 45.4 Å². The average Bonchev–Trinajstić information content (AvgIpc) is 2.86. The maximum atomic E-state index is 12.5. The van der Waals surface area contributed by atoms with Gasteiger partial charge in [-0.25, -0.2) is 4.79 Å². The quantitative estimate of drug-likeness (QED) is 0.867. The van der Waals surface area contributed by atoms with E-state index in [1.54, 1.807) is 10.9 Å². The van der Waals surface area contributed by atoms with Crippen LogP contribution in [0.25, 0.3) is 10.9 Å². The maximum Gasteiger partial charge on any atom is 0.411 e. The summed E-state index contributed by atoms with van der Waals surface area (Å²) in [6.07, 6.45) is 1.27. The molecule has 0 saturated carbocycles. The number of rotatable bonds is 1. The Labute approximate surface area is 140 Å². The number of hydrogen-bond acceptors (Lipinski definition) is 4. The fourth-order valence-electron chi connectivity index (χ4n) is 2.87. The number of aromatic nitrogens is 2. The third-order valence-corrected chi connectivity index (χ3v) is 3.93. The number of amides is 2. The normalized spacial score (nSPS) is 18.6. The van der Waals surface area contributed by atoms with Crippen molar-refractivity contribution in [2.75, 3.05) is 13.1 Å². The highest BCUT2D eigenvalue weighted by Crippen LogP contribution is 2.28. The van der Waals surface area contributed by atoms with Crippen molar-refractivity contribution in [3.05, 3.63) is 30.0 Å². The maximum absolute atomic E-state index is 12.5. The number of carbonyl (C=O) groups is 2. The van der Waals surface area contributed by atoms with E-state index in [-0.39, 0.29) is 5.91 Å². The molecule has 1 aromatic heterocycles. The van der Waals surface area contributed by atoms with E-state index >= 15 is 0 Å². The number of carbonyl (C=O) groups excluding carboxylic acids is 2. The van der Waals surface area contributed by atoms with Gasteiger partial charge < -0.3 is 10.1 Å². The summed E-state index contributed by atoms with van der Waals surface area (Å²) in [7, 11) is 1.86. The second-order valence-corrected chi connectivity index (χ2v) is 6.95. The Morgan fingerprint density at radius 1 is 1.38 bits per heavy atom. The molecule has 24 heavy (non-hydrogen) atoms. The number of nitrogens with zero attached hydrogens (tertiary/aromatic N) is 3. The zero-order valence-corrected chi connectivity index (χ0v) is 14.4. The number of fused-ring (bicyclic) bond motifs is 1. The van der Waals surface area contributed by atoms with Crippen molar-refractivity contribution >= 4 is 22.9 Å². The van der Waals surface area contributed by atoms with Gasteiger partial charge in [0.25, 0.3) is 0 Å². The predicted molar refractivity (Wildman–Crippen MR) is 89.4 cm³/mol. The monoisotopic (exact) mass is 330 g/mol. The standard InChI is InChI=1S/C17H22N4O3/c1-17(2,3)24-16(23)21-8-7-18-15(22)14(21)11-5-6-13-12(9-11)10-19-20(13)4/h5-6,9-10,14H,7-8H2,1-4H3,(H,18,22)/t14-/m1/s1. The van der Waals surface area contributed by atoms with E-state index in [0.717, 1.165) is 16.5 Å². The van der Waals surface area contributed by atoms with Gasteiger partial charge in [-0.15, -0.1) is 0 Å². The summed E-state index contributed by atoms with van der Waals surface area (Å²) in [4.78, 5) is 26.4. The largest absolute Gasteiger partial charge is 0.444 e. The molecule has 1 atom stereocenters. The number of ether oxygens (including phenoxy) is 1. The lowest BCUT2D eigenvalue weighted by molar-refractivity contribution is -0.129. The van der Waals surface area contributed by atoms with Crippen molar-refractivity contribution in [1.82, 2.24) is 20.0 Å². The first-order valence-electron chi connectivity index (χ1n) is 7.95. The molecule has 0 unspecified atom stereocenters. The van der Waals surface area contributed by atoms with Crippen LogP contribution in [0.2, 0.25) is 0 Å². The molecule has 1 aliphatic rings. The summed E-state index contributed by atoms with van der Waals surface area (Å²) >= 11 is 0. The van der Waals surface area contributed by atoms with Gasteiger partial charge in [-0.3, -0.25) is 14.4 Å². The van der Waals surface area contributed by atoms with Crippen molar-refractivity contribution in [3.63, 3.8) is 0 Å². The van der Waals surface area contributed by atoms with E-state index in [4.69, 9.17) is 4.74 Å². The topological polar surface area (TPSA) is 76.5 Å². The molecular weight excluding hydrogens is 308 g/mol. The van der Waals surface area contributed by atoms with E-state index in [9.17, 15) is 9.59 Å². The summed E-state index contributed by atoms with van der Waals surface area (Å²) in [5.74, 6) is -0.199. The average molecular weight is 330 g/mol. The fourth-order valence-corrected chi connectivity index (χ4v) is 2.87. The number of hydrogen-bond donors (Lipinski definition) is 1. The van der Waals surface area contributed by atoms with Gasteiger partial charge in [0.1, 0.15) is 11.6 Å². The van der Waals surface area contributed by atoms with E-state index in [1.807, 2.05) is 46.0 Å². The smallest absolute Gasteiger partial charge is 0.411 e. The molecule has 0 aliphatic carbocycles. The molecule has 0 bridgehead atoms. The molecule has 2 aromatic rings. The number of piperazine rings is 1. The molecular formula is C17H22N4O3. The van der Waals surface area contributed by atoms with Gasteiger partial charge in [-0.2, -0.15) is 5.10 Å². The lowest BCUT2D eigenvalue weighted by Crippen LogP contribution is -2.53. The molecule has 1 aliphatic heterocycles. The molecule has 2 heterocycles. The summed E-state index contributed by atoms with van der Waals surface area (Å²) in [5, 5.41) is 7.97. The van der Waals surface area contributed by atoms with Crippen LogP contribution in [0.5, 0.6) is 0 Å². The van der Waals surface area contributed by atoms with Crippen molar-refractivity contribution in [2.24, 2.45) is 7.05 Å². The third kappa shape index (κ3) is 3.06. The molecule has 1 saturated heterocycles. The van der Waals surface area contributed by atoms with E-state index in [0.29, 0.717) is 13.1 Å². The Bertz CT molecular complexity index is 791. The van der Waals surface area contributed by atoms with Crippen molar-refractivity contribution < 1.29 is 14.3 Å². The van der Waals surface area contributed by atoms with Crippen molar-refractivity contribution in [2.45, 2.75) is 32.4 Å². The second-order valence-electron chi connectivity index (χ2n) is 6.95. The first kappa shape index (κ1) is 16.3. The van der Waals surface area contributed by atoms with Gasteiger partial charge in [0.15, 0.2) is 0 Å². The van der Waals surface area contributed by atoms with Crippen LogP contribution in [0, 0.1) is 0 Å². The lowest BCUT2D eigenvalue weighted by Gasteiger charge is -2.36. The van der Waals surface area contributed by atoms with E-state index < -0.39 is 17.7 Å². The number of nitrogens with one attached hydrogen (secondary N) is 1. The highest BCUT2D eigenvalue weighted by molar-refractivity contribution is 5.89. The molecule has 2 amide bonds. The fraction of sp³-hybridized carbons (Fsp3) is 0.471. The van der Waals surface area contributed by atoms with Crippen molar-refractivity contribution in [3.8, 4) is 0 Å². The minimum Gasteiger partial charge on any atom is -0.444 e. The van der Waals surface area contributed by atoms with Crippen LogP contribution in [0.1, 0.15) is 32.4 Å². The zero-order chi connectivity index (χ0) is 17.5. The van der Waals surface area contributed by atoms with Gasteiger partial charge >= 0.3 is 6.09 Å². The molecule has 128 valence electrons. The molecule has 1 N–H and O–H groups in total. The Hall–Kier alpha value is -2.57. The first-order chi connectivity index (χ1) is 11.3. The SMILES string of the molecule is Cn1ncc2cc([C@@H]3C(=O)NCCN3C(=O)OC(C)(C)C)ccc21. The Morgan fingerprint density at radius 3 is 2.83 bits per heavy atom. The van der Waals surface area contributed by atoms with Crippen LogP contribution in [0.3, 0.4) is 0 Å². The highest BCUT2D eigenvalue weighted by atomic mass is 16.6. The van der Waals surface area contributed by atoms with E-state index in [1.165, 1.54) is 4.90 Å². The third-order valence-electron chi connectivity index (χ3n) is 3.93. The first-order valence-corrected chi connectivity index (χ1v) is 7.95. The molecule has 1 aromatic carbocycles. The predicted octanol–water partition coefficient (Wildman–Crippen LogP) is 1.98. The molecule has 0 radical (unpaired) electrons. The van der Waals surface area contributed by atoms with Crippen LogP contribution >= 0.6 is 0 Å². The summed E-state index contributed by atoms with van der Waals surface area (Å²) in [6.45, 7) is 6.27. The van der Waals surface area contributed by atoms with Gasteiger partial charge in [0, 0.05) is 25.5 Å². The molecule has 7 nitrogen and oxygen atoms in total. The van der Waals surface area contributed by atoms with Crippen LogP contribution in [-0.2, 0) is 16.6 Å². The minimum absolute atomic E-state index is 0.199. The highest BCUT2D eigenvalue weighted by Gasteiger charge is 2.36. The number of benzene rings is 1. The molecule has 3 rings (SSSR count). The van der Waals surface area contributed by atoms with Gasteiger partial charge in [-0.05, 0) is 38.5 Å². The summed E-state index contributed by atoms with van der Waals surface area (Å²) < 4.78 is 7.23. The Morgan fingerprint density at radius 2 is 2.12 bits per heavy atom. The number of aryl methyl sites for hydroxylation is 1. The summed E-state index contributed by atoms with van der Waals surface area (Å²) in [5.41, 5.74) is 1.11. The second kappa shape index (κ2) is 5.81. The van der Waals surface area contributed by atoms with Crippen LogP contribution in [0.4, 0.5) is 4.79 Å². The van der Waals surface area contributed by atoms with E-state index in [2.05, 4.69) is 10.4 Å². The Balaban J connectivity index is 1.96.